The maximum absolute atomic E-state index is 11.9. The van der Waals surface area contributed by atoms with Gasteiger partial charge in [0.25, 0.3) is 0 Å². The highest BCUT2D eigenvalue weighted by atomic mass is 32.2. The van der Waals surface area contributed by atoms with Gasteiger partial charge < -0.3 is 4.74 Å². The number of ketones is 1. The molecule has 0 amide bonds. The Labute approximate surface area is 95.9 Å². The molecule has 0 aromatic carbocycles. The number of thioether (sulfide) groups is 1. The van der Waals surface area contributed by atoms with Gasteiger partial charge in [-0.1, -0.05) is 27.7 Å². The number of esters is 1. The summed E-state index contributed by atoms with van der Waals surface area (Å²) in [6.07, 6.45) is 0. The molecule has 0 heterocycles. The summed E-state index contributed by atoms with van der Waals surface area (Å²) in [5.41, 5.74) is -0.500. The van der Waals surface area contributed by atoms with Gasteiger partial charge in [-0.05, 0) is 12.7 Å². The molecule has 1 atom stereocenters. The van der Waals surface area contributed by atoms with E-state index < -0.39 is 16.6 Å². The molecule has 88 valence electrons. The molecule has 0 rings (SSSR count). The molecular formula is C11H20O3S. The molecule has 0 aromatic heterocycles. The summed E-state index contributed by atoms with van der Waals surface area (Å²) in [6, 6.07) is 0. The molecule has 0 radical (unpaired) electrons. The number of ether oxygens (including phenoxy) is 1. The van der Waals surface area contributed by atoms with Crippen LogP contribution in [0, 0.1) is 5.41 Å². The van der Waals surface area contributed by atoms with Crippen molar-refractivity contribution < 1.29 is 14.3 Å². The van der Waals surface area contributed by atoms with E-state index in [1.807, 2.05) is 27.7 Å². The number of hydrogen-bond donors (Lipinski definition) is 0. The van der Waals surface area contributed by atoms with E-state index in [-0.39, 0.29) is 5.78 Å². The summed E-state index contributed by atoms with van der Waals surface area (Å²) in [6.45, 7) is 9.43. The van der Waals surface area contributed by atoms with Crippen molar-refractivity contribution in [3.63, 3.8) is 0 Å². The highest BCUT2D eigenvalue weighted by Gasteiger charge is 2.35. The second-order valence-electron chi connectivity index (χ2n) is 4.20. The van der Waals surface area contributed by atoms with E-state index in [1.54, 1.807) is 6.92 Å². The first-order valence-electron chi connectivity index (χ1n) is 5.17. The molecule has 15 heavy (non-hydrogen) atoms. The molecule has 0 aliphatic rings. The first-order chi connectivity index (χ1) is 6.84. The van der Waals surface area contributed by atoms with Gasteiger partial charge in [-0.25, -0.2) is 0 Å². The largest absolute Gasteiger partial charge is 0.465 e. The molecule has 1 unspecified atom stereocenters. The first kappa shape index (κ1) is 14.5. The van der Waals surface area contributed by atoms with Gasteiger partial charge in [0, 0.05) is 5.41 Å². The number of carbonyl (C=O) groups excluding carboxylic acids is 2. The Hall–Kier alpha value is -0.510. The molecule has 0 saturated carbocycles. The van der Waals surface area contributed by atoms with E-state index >= 15 is 0 Å². The van der Waals surface area contributed by atoms with Crippen LogP contribution in [-0.4, -0.2) is 29.4 Å². The fourth-order valence-corrected chi connectivity index (χ4v) is 2.07. The van der Waals surface area contributed by atoms with Gasteiger partial charge in [0.1, 0.15) is 0 Å². The Morgan fingerprint density at radius 1 is 1.27 bits per heavy atom. The lowest BCUT2D eigenvalue weighted by Crippen LogP contribution is -2.37. The molecule has 0 aliphatic carbocycles. The standard InChI is InChI=1S/C11H20O3S/c1-6-14-10(13)8(15-7-2)9(12)11(3,4)5/h8H,6-7H2,1-5H3. The number of carbonyl (C=O) groups is 2. The Kier molecular flexibility index (Phi) is 5.95. The molecule has 0 bridgehead atoms. The van der Waals surface area contributed by atoms with Gasteiger partial charge in [-0.3, -0.25) is 9.59 Å². The summed E-state index contributed by atoms with van der Waals surface area (Å²) >= 11 is 1.34. The van der Waals surface area contributed by atoms with E-state index in [9.17, 15) is 9.59 Å². The smallest absolute Gasteiger partial charge is 0.326 e. The van der Waals surface area contributed by atoms with Gasteiger partial charge in [0.2, 0.25) is 0 Å². The highest BCUT2D eigenvalue weighted by molar-refractivity contribution is 8.01. The Bertz CT molecular complexity index is 230. The number of Topliss-reactive ketones (excluding diaryl/α,β-unsaturated/α-hetero) is 1. The normalized spacial score (nSPS) is 13.4. The van der Waals surface area contributed by atoms with Crippen LogP contribution in [0.3, 0.4) is 0 Å². The maximum Gasteiger partial charge on any atom is 0.326 e. The van der Waals surface area contributed by atoms with Gasteiger partial charge in [0.15, 0.2) is 11.0 Å². The van der Waals surface area contributed by atoms with E-state index in [1.165, 1.54) is 11.8 Å². The second-order valence-corrected chi connectivity index (χ2v) is 5.58. The topological polar surface area (TPSA) is 43.4 Å². The van der Waals surface area contributed by atoms with E-state index in [0.29, 0.717) is 6.61 Å². The van der Waals surface area contributed by atoms with Crippen LogP contribution in [0.4, 0.5) is 0 Å². The molecule has 0 aromatic rings. The van der Waals surface area contributed by atoms with Crippen molar-refractivity contribution in [2.45, 2.75) is 39.9 Å². The Morgan fingerprint density at radius 2 is 1.80 bits per heavy atom. The van der Waals surface area contributed by atoms with Gasteiger partial charge in [0.05, 0.1) is 6.61 Å². The third kappa shape index (κ3) is 4.69. The fourth-order valence-electron chi connectivity index (χ4n) is 1.03. The van der Waals surface area contributed by atoms with Crippen molar-refractivity contribution in [1.82, 2.24) is 0 Å². The zero-order valence-corrected chi connectivity index (χ0v) is 10.9. The predicted octanol–water partition coefficient (Wildman–Crippen LogP) is 2.29. The number of rotatable bonds is 5. The van der Waals surface area contributed by atoms with Gasteiger partial charge in [-0.2, -0.15) is 0 Å². The van der Waals surface area contributed by atoms with Crippen LogP contribution < -0.4 is 0 Å². The maximum atomic E-state index is 11.9. The molecule has 3 nitrogen and oxygen atoms in total. The van der Waals surface area contributed by atoms with Crippen LogP contribution in [0.25, 0.3) is 0 Å². The lowest BCUT2D eigenvalue weighted by molar-refractivity contribution is -0.146. The Balaban J connectivity index is 4.66. The van der Waals surface area contributed by atoms with Gasteiger partial charge in [-0.15, -0.1) is 11.8 Å². The van der Waals surface area contributed by atoms with Crippen molar-refractivity contribution in [1.29, 1.82) is 0 Å². The molecule has 0 fully saturated rings. The summed E-state index contributed by atoms with van der Waals surface area (Å²) in [7, 11) is 0. The lowest BCUT2D eigenvalue weighted by atomic mass is 9.89. The molecule has 0 spiro atoms. The Morgan fingerprint density at radius 3 is 2.13 bits per heavy atom. The van der Waals surface area contributed by atoms with E-state index in [0.717, 1.165) is 5.75 Å². The zero-order valence-electron chi connectivity index (χ0n) is 10.1. The highest BCUT2D eigenvalue weighted by Crippen LogP contribution is 2.24. The SMILES string of the molecule is CCOC(=O)C(SCC)C(=O)C(C)(C)C. The minimum Gasteiger partial charge on any atom is -0.465 e. The average Bonchev–Trinajstić information content (AvgIpc) is 2.12. The quantitative estimate of drug-likeness (QED) is 0.539. The summed E-state index contributed by atoms with van der Waals surface area (Å²) in [5, 5.41) is -0.671. The zero-order chi connectivity index (χ0) is 12.1. The second kappa shape index (κ2) is 6.16. The third-order valence-electron chi connectivity index (χ3n) is 1.81. The molecule has 0 saturated heterocycles. The van der Waals surface area contributed by atoms with Crippen LogP contribution in [-0.2, 0) is 14.3 Å². The molecule has 0 aliphatic heterocycles. The van der Waals surface area contributed by atoms with Crippen LogP contribution >= 0.6 is 11.8 Å². The summed E-state index contributed by atoms with van der Waals surface area (Å²) < 4.78 is 4.89. The van der Waals surface area contributed by atoms with Crippen molar-refractivity contribution in [2.24, 2.45) is 5.41 Å². The first-order valence-corrected chi connectivity index (χ1v) is 6.22. The van der Waals surface area contributed by atoms with Crippen LogP contribution in [0.1, 0.15) is 34.6 Å². The van der Waals surface area contributed by atoms with Crippen molar-refractivity contribution in [3.8, 4) is 0 Å². The van der Waals surface area contributed by atoms with Crippen molar-refractivity contribution in [2.75, 3.05) is 12.4 Å². The summed E-state index contributed by atoms with van der Waals surface area (Å²) in [4.78, 5) is 23.5. The lowest BCUT2D eigenvalue weighted by Gasteiger charge is -2.22. The predicted molar refractivity (Wildman–Crippen MR) is 63.0 cm³/mol. The number of hydrogen-bond acceptors (Lipinski definition) is 4. The third-order valence-corrected chi connectivity index (χ3v) is 2.88. The average molecular weight is 232 g/mol. The van der Waals surface area contributed by atoms with Gasteiger partial charge >= 0.3 is 5.97 Å². The fraction of sp³-hybridized carbons (Fsp3) is 0.818. The van der Waals surface area contributed by atoms with Crippen molar-refractivity contribution in [3.05, 3.63) is 0 Å². The van der Waals surface area contributed by atoms with E-state index in [4.69, 9.17) is 4.74 Å². The molecular weight excluding hydrogens is 212 g/mol. The van der Waals surface area contributed by atoms with Crippen LogP contribution in [0.15, 0.2) is 0 Å². The van der Waals surface area contributed by atoms with Crippen LogP contribution in [0.2, 0.25) is 0 Å². The van der Waals surface area contributed by atoms with Crippen LogP contribution in [0.5, 0.6) is 0 Å². The van der Waals surface area contributed by atoms with Crippen molar-refractivity contribution >= 4 is 23.5 Å². The minimum absolute atomic E-state index is 0.0622. The van der Waals surface area contributed by atoms with E-state index in [2.05, 4.69) is 0 Å². The summed E-state index contributed by atoms with van der Waals surface area (Å²) in [5.74, 6) is 0.253. The molecule has 0 N–H and O–H groups in total. The minimum atomic E-state index is -0.671. The monoisotopic (exact) mass is 232 g/mol. The molecule has 4 heteroatoms.